The second-order valence-corrected chi connectivity index (χ2v) is 7.17. The number of aromatic nitrogens is 3. The molecule has 1 aromatic carbocycles. The number of guanidine groups is 1. The molecule has 7 heteroatoms. The zero-order valence-electron chi connectivity index (χ0n) is 17.2. The van der Waals surface area contributed by atoms with E-state index >= 15 is 0 Å². The van der Waals surface area contributed by atoms with E-state index in [1.807, 2.05) is 4.68 Å². The summed E-state index contributed by atoms with van der Waals surface area (Å²) in [5.74, 6) is 3.11. The maximum atomic E-state index is 5.15. The molecule has 2 heterocycles. The number of nitrogens with zero attached hydrogens (tertiary/aromatic N) is 4. The zero-order valence-corrected chi connectivity index (χ0v) is 17.2. The largest absolute Gasteiger partial charge is 0.377 e. The van der Waals surface area contributed by atoms with Gasteiger partial charge in [-0.25, -0.2) is 9.67 Å². The molecule has 152 valence electrons. The minimum Gasteiger partial charge on any atom is -0.377 e. The molecular weight excluding hydrogens is 352 g/mol. The number of hydrogen-bond acceptors (Lipinski definition) is 4. The Morgan fingerprint density at radius 3 is 2.86 bits per heavy atom. The normalized spacial score (nSPS) is 17.8. The average Bonchev–Trinajstić information content (AvgIpc) is 3.11. The van der Waals surface area contributed by atoms with Crippen LogP contribution in [0.5, 0.6) is 0 Å². The second-order valence-electron chi connectivity index (χ2n) is 7.17. The Kier molecular flexibility index (Phi) is 7.42. The van der Waals surface area contributed by atoms with E-state index in [0.29, 0.717) is 18.6 Å². The monoisotopic (exact) mass is 384 g/mol. The first-order valence-corrected chi connectivity index (χ1v) is 10.2. The molecule has 7 nitrogen and oxygen atoms in total. The van der Waals surface area contributed by atoms with E-state index in [0.717, 1.165) is 56.5 Å². The fourth-order valence-electron chi connectivity index (χ4n) is 3.58. The summed E-state index contributed by atoms with van der Waals surface area (Å²) in [7, 11) is 1.67. The van der Waals surface area contributed by atoms with Gasteiger partial charge in [-0.1, -0.05) is 37.3 Å². The summed E-state index contributed by atoms with van der Waals surface area (Å²) < 4.78 is 7.15. The van der Waals surface area contributed by atoms with Gasteiger partial charge in [0.1, 0.15) is 12.4 Å². The highest BCUT2D eigenvalue weighted by atomic mass is 16.5. The van der Waals surface area contributed by atoms with Gasteiger partial charge in [0.15, 0.2) is 11.8 Å². The summed E-state index contributed by atoms with van der Waals surface area (Å²) in [6, 6.07) is 10.9. The quantitative estimate of drug-likeness (QED) is 0.540. The number of fused-ring (bicyclic) bond motifs is 1. The Labute approximate surface area is 167 Å². The first-order valence-electron chi connectivity index (χ1n) is 10.2. The molecule has 1 aliphatic rings. The van der Waals surface area contributed by atoms with Crippen LogP contribution in [0.25, 0.3) is 0 Å². The maximum Gasteiger partial charge on any atom is 0.191 e. The number of ether oxygens (including phenoxy) is 1. The Morgan fingerprint density at radius 2 is 2.14 bits per heavy atom. The summed E-state index contributed by atoms with van der Waals surface area (Å²) in [6.45, 7) is 7.19. The number of methoxy groups -OCH3 is 1. The minimum atomic E-state index is 0.291. The van der Waals surface area contributed by atoms with Crippen LogP contribution in [0.2, 0.25) is 0 Å². The van der Waals surface area contributed by atoms with Crippen molar-refractivity contribution < 1.29 is 4.74 Å². The maximum absolute atomic E-state index is 5.15. The molecule has 2 N–H and O–H groups in total. The molecule has 28 heavy (non-hydrogen) atoms. The minimum absolute atomic E-state index is 0.291. The van der Waals surface area contributed by atoms with E-state index in [2.05, 4.69) is 64.9 Å². The van der Waals surface area contributed by atoms with Crippen LogP contribution in [0.1, 0.15) is 49.8 Å². The Morgan fingerprint density at radius 1 is 1.32 bits per heavy atom. The summed E-state index contributed by atoms with van der Waals surface area (Å²) >= 11 is 0. The number of aliphatic imine (C=N–C) groups is 1. The van der Waals surface area contributed by atoms with Gasteiger partial charge in [-0.15, -0.1) is 0 Å². The van der Waals surface area contributed by atoms with Crippen LogP contribution < -0.4 is 10.6 Å². The van der Waals surface area contributed by atoms with Crippen molar-refractivity contribution in [3.63, 3.8) is 0 Å². The van der Waals surface area contributed by atoms with Crippen molar-refractivity contribution in [2.75, 3.05) is 20.2 Å². The van der Waals surface area contributed by atoms with E-state index in [1.54, 1.807) is 7.11 Å². The number of hydrogen-bond donors (Lipinski definition) is 2. The predicted octanol–water partition coefficient (Wildman–Crippen LogP) is 2.49. The molecule has 1 aromatic heterocycles. The molecule has 2 aromatic rings. The van der Waals surface area contributed by atoms with Crippen molar-refractivity contribution >= 4 is 5.96 Å². The predicted molar refractivity (Wildman–Crippen MR) is 111 cm³/mol. The van der Waals surface area contributed by atoms with Gasteiger partial charge in [0.05, 0.1) is 6.54 Å². The lowest BCUT2D eigenvalue weighted by Gasteiger charge is -2.25. The highest BCUT2D eigenvalue weighted by Crippen LogP contribution is 2.19. The van der Waals surface area contributed by atoms with Crippen molar-refractivity contribution in [2.24, 2.45) is 4.99 Å². The Bertz CT molecular complexity index is 758. The lowest BCUT2D eigenvalue weighted by Crippen LogP contribution is -2.47. The van der Waals surface area contributed by atoms with Gasteiger partial charge in [-0.2, -0.15) is 5.10 Å². The third kappa shape index (κ3) is 5.32. The van der Waals surface area contributed by atoms with Crippen LogP contribution in [-0.2, 0) is 24.3 Å². The van der Waals surface area contributed by atoms with E-state index in [1.165, 1.54) is 5.56 Å². The number of aryl methyl sites for hydroxylation is 1. The summed E-state index contributed by atoms with van der Waals surface area (Å²) in [6.07, 6.45) is 3.00. The van der Waals surface area contributed by atoms with Crippen LogP contribution in [0.15, 0.2) is 35.3 Å². The third-order valence-electron chi connectivity index (χ3n) is 5.09. The first-order chi connectivity index (χ1) is 13.7. The molecular formula is C21H32N6O. The first kappa shape index (κ1) is 20.3. The number of rotatable bonds is 8. The van der Waals surface area contributed by atoms with Crippen molar-refractivity contribution in [3.05, 3.63) is 47.5 Å². The summed E-state index contributed by atoms with van der Waals surface area (Å²) in [5.41, 5.74) is 1.35. The zero-order chi connectivity index (χ0) is 19.8. The molecule has 0 fully saturated rings. The van der Waals surface area contributed by atoms with Crippen LogP contribution in [0.3, 0.4) is 0 Å². The van der Waals surface area contributed by atoms with Gasteiger partial charge < -0.3 is 15.4 Å². The standard InChI is InChI=1S/C21H32N6O/c1-4-16(17-9-7-6-8-10-17)13-23-21(22-5-2)24-18-11-12-20-25-19(15-28-3)26-27(20)14-18/h6-10,16,18H,4-5,11-15H2,1-3H3,(H2,22,23,24). The second kappa shape index (κ2) is 10.2. The molecule has 0 aliphatic carbocycles. The molecule has 0 bridgehead atoms. The van der Waals surface area contributed by atoms with Crippen molar-refractivity contribution in [3.8, 4) is 0 Å². The SMILES string of the molecule is CCNC(=NCC(CC)c1ccccc1)NC1CCc2nc(COC)nn2C1. The summed E-state index contributed by atoms with van der Waals surface area (Å²) in [5, 5.41) is 11.5. The van der Waals surface area contributed by atoms with Gasteiger partial charge in [-0.05, 0) is 25.3 Å². The molecule has 0 spiro atoms. The Balaban J connectivity index is 1.63. The van der Waals surface area contributed by atoms with E-state index < -0.39 is 0 Å². The summed E-state index contributed by atoms with van der Waals surface area (Å²) in [4.78, 5) is 9.42. The molecule has 0 radical (unpaired) electrons. The molecule has 0 saturated carbocycles. The highest BCUT2D eigenvalue weighted by molar-refractivity contribution is 5.80. The van der Waals surface area contributed by atoms with Crippen LogP contribution >= 0.6 is 0 Å². The average molecular weight is 385 g/mol. The molecule has 3 rings (SSSR count). The van der Waals surface area contributed by atoms with Gasteiger partial charge in [0.2, 0.25) is 0 Å². The molecule has 2 atom stereocenters. The highest BCUT2D eigenvalue weighted by Gasteiger charge is 2.22. The van der Waals surface area contributed by atoms with Crippen molar-refractivity contribution in [1.29, 1.82) is 0 Å². The van der Waals surface area contributed by atoms with Gasteiger partial charge in [0, 0.05) is 38.6 Å². The van der Waals surface area contributed by atoms with Crippen molar-refractivity contribution in [1.82, 2.24) is 25.4 Å². The van der Waals surface area contributed by atoms with Crippen molar-refractivity contribution in [2.45, 2.75) is 58.2 Å². The van der Waals surface area contributed by atoms with E-state index in [9.17, 15) is 0 Å². The fourth-order valence-corrected chi connectivity index (χ4v) is 3.58. The number of nitrogens with one attached hydrogen (secondary N) is 2. The lowest BCUT2D eigenvalue weighted by atomic mass is 9.97. The third-order valence-corrected chi connectivity index (χ3v) is 5.09. The lowest BCUT2D eigenvalue weighted by molar-refractivity contribution is 0.177. The fraction of sp³-hybridized carbons (Fsp3) is 0.571. The van der Waals surface area contributed by atoms with E-state index in [-0.39, 0.29) is 0 Å². The molecule has 2 unspecified atom stereocenters. The van der Waals surface area contributed by atoms with Gasteiger partial charge >= 0.3 is 0 Å². The molecule has 1 aliphatic heterocycles. The number of benzene rings is 1. The van der Waals surface area contributed by atoms with Crippen LogP contribution in [0.4, 0.5) is 0 Å². The van der Waals surface area contributed by atoms with Gasteiger partial charge in [0.25, 0.3) is 0 Å². The molecule has 0 amide bonds. The van der Waals surface area contributed by atoms with Crippen LogP contribution in [0, 0.1) is 0 Å². The van der Waals surface area contributed by atoms with Crippen LogP contribution in [-0.4, -0.2) is 47.0 Å². The smallest absolute Gasteiger partial charge is 0.191 e. The molecule has 0 saturated heterocycles. The van der Waals surface area contributed by atoms with E-state index in [4.69, 9.17) is 9.73 Å². The topological polar surface area (TPSA) is 76.4 Å². The Hall–Kier alpha value is -2.41. The van der Waals surface area contributed by atoms with Gasteiger partial charge in [-0.3, -0.25) is 4.99 Å².